The van der Waals surface area contributed by atoms with E-state index in [1.54, 1.807) is 32.6 Å². The molecule has 2 saturated carbocycles. The number of nitrogens with zero attached hydrogens (tertiary/aromatic N) is 18. The average molecular weight is 1570 g/mol. The molecule has 3 amide bonds. The summed E-state index contributed by atoms with van der Waals surface area (Å²) >= 11 is 6.27. The summed E-state index contributed by atoms with van der Waals surface area (Å²) in [4.78, 5) is 60.7. The number of ether oxygens (including phenoxy) is 3. The highest BCUT2D eigenvalue weighted by Gasteiger charge is 2.63. The first-order valence-electron chi connectivity index (χ1n) is 34.9. The first kappa shape index (κ1) is 77.7. The Morgan fingerprint density at radius 3 is 2.06 bits per heavy atom. The Kier molecular flexibility index (Phi) is 21.8. The number of nitrogens with one attached hydrogen (secondary N) is 4. The third-order valence-corrected chi connectivity index (χ3v) is 22.4. The molecular formula is C67H81ClF6N22O10S2. The lowest BCUT2D eigenvalue weighted by atomic mass is 9.93. The van der Waals surface area contributed by atoms with Gasteiger partial charge in [0.2, 0.25) is 11.8 Å². The quantitative estimate of drug-likeness (QED) is 0.0407. The van der Waals surface area contributed by atoms with Crippen LogP contribution in [-0.2, 0) is 51.0 Å². The molecule has 0 unspecified atom stereocenters. The highest BCUT2D eigenvalue weighted by atomic mass is 35.5. The molecule has 580 valence electrons. The molecule has 0 aromatic carbocycles. The zero-order chi connectivity index (χ0) is 77.4. The van der Waals surface area contributed by atoms with Crippen molar-refractivity contribution in [2.75, 3.05) is 41.8 Å². The van der Waals surface area contributed by atoms with E-state index in [-0.39, 0.29) is 145 Å². The Morgan fingerprint density at radius 2 is 1.41 bits per heavy atom. The number of halogens is 7. The fraction of sp³-hybridized carbons (Fsp3) is 0.537. The van der Waals surface area contributed by atoms with E-state index in [2.05, 4.69) is 71.6 Å². The number of anilines is 3. The van der Waals surface area contributed by atoms with Crippen molar-refractivity contribution in [2.45, 2.75) is 191 Å². The summed E-state index contributed by atoms with van der Waals surface area (Å²) in [7, 11) is -8.89. The van der Waals surface area contributed by atoms with Crippen molar-refractivity contribution in [1.29, 1.82) is 0 Å². The van der Waals surface area contributed by atoms with Gasteiger partial charge in [-0.05, 0) is 207 Å². The Balaban J connectivity index is 0.000000204. The van der Waals surface area contributed by atoms with E-state index in [0.29, 0.717) is 43.6 Å². The van der Waals surface area contributed by atoms with Gasteiger partial charge in [-0.1, -0.05) is 23.7 Å². The van der Waals surface area contributed by atoms with Crippen LogP contribution in [0.1, 0.15) is 158 Å². The van der Waals surface area contributed by atoms with Gasteiger partial charge in [-0.25, -0.2) is 52.9 Å². The minimum atomic E-state index is -4.48. The van der Waals surface area contributed by atoms with Crippen LogP contribution < -0.4 is 34.5 Å². The summed E-state index contributed by atoms with van der Waals surface area (Å²) in [5.41, 5.74) is -4.98. The number of hydrogen-bond acceptors (Lipinski definition) is 25. The smallest absolute Gasteiger partial charge is 0.410 e. The van der Waals surface area contributed by atoms with Crippen molar-refractivity contribution in [3.8, 4) is 23.4 Å². The molecule has 2 atom stereocenters. The van der Waals surface area contributed by atoms with Crippen LogP contribution in [0.4, 0.5) is 48.6 Å². The number of tetrazole rings is 2. The predicted octanol–water partition coefficient (Wildman–Crippen LogP) is 9.85. The number of aryl methyl sites for hydroxylation is 2. The second kappa shape index (κ2) is 30.3. The Morgan fingerprint density at radius 1 is 0.759 bits per heavy atom. The molecule has 2 saturated heterocycles. The van der Waals surface area contributed by atoms with Gasteiger partial charge in [0.25, 0.3) is 31.9 Å². The van der Waals surface area contributed by atoms with E-state index < -0.39 is 71.2 Å². The topological polar surface area (TPSA) is 376 Å². The van der Waals surface area contributed by atoms with E-state index >= 15 is 0 Å². The van der Waals surface area contributed by atoms with Crippen LogP contribution in [0.25, 0.3) is 11.6 Å². The number of likely N-dealkylation sites (tertiary alicyclic amines) is 1. The number of aromatic nitrogens is 16. The number of pyridine rings is 4. The maximum atomic E-state index is 13.8. The second-order valence-corrected chi connectivity index (χ2v) is 33.3. The number of amides is 3. The van der Waals surface area contributed by atoms with E-state index in [4.69, 9.17) is 30.8 Å². The van der Waals surface area contributed by atoms with Gasteiger partial charge in [-0.3, -0.25) is 9.59 Å². The van der Waals surface area contributed by atoms with Crippen LogP contribution in [-0.4, -0.2) is 175 Å². The number of hydrogen-bond donors (Lipinski definition) is 4. The molecule has 8 aromatic heterocycles. The van der Waals surface area contributed by atoms with Gasteiger partial charge in [0.05, 0.1) is 48.3 Å². The highest BCUT2D eigenvalue weighted by Crippen LogP contribution is 2.61. The molecule has 0 radical (unpaired) electrons. The van der Waals surface area contributed by atoms with Gasteiger partial charge in [-0.2, -0.15) is 43.2 Å². The molecule has 32 nitrogen and oxygen atoms in total. The van der Waals surface area contributed by atoms with Gasteiger partial charge in [-0.15, -0.1) is 20.4 Å². The van der Waals surface area contributed by atoms with Crippen LogP contribution in [0.5, 0.6) is 11.8 Å². The van der Waals surface area contributed by atoms with E-state index in [1.165, 1.54) is 76.2 Å². The molecule has 5 aliphatic rings. The van der Waals surface area contributed by atoms with Gasteiger partial charge in [0.1, 0.15) is 28.2 Å². The van der Waals surface area contributed by atoms with Crippen molar-refractivity contribution in [3.63, 3.8) is 0 Å². The predicted molar refractivity (Wildman–Crippen MR) is 375 cm³/mol. The van der Waals surface area contributed by atoms with Crippen molar-refractivity contribution in [2.24, 2.45) is 22.7 Å². The van der Waals surface area contributed by atoms with Crippen molar-refractivity contribution < 1.29 is 71.8 Å². The highest BCUT2D eigenvalue weighted by molar-refractivity contribution is 7.90. The van der Waals surface area contributed by atoms with Gasteiger partial charge in [0, 0.05) is 61.8 Å². The van der Waals surface area contributed by atoms with Gasteiger partial charge >= 0.3 is 18.4 Å². The summed E-state index contributed by atoms with van der Waals surface area (Å²) in [6.07, 6.45) is -1.03. The van der Waals surface area contributed by atoms with E-state index in [1.807, 2.05) is 58.1 Å². The number of carbonyl (C=O) groups excluding carboxylic acids is 3. The zero-order valence-corrected chi connectivity index (χ0v) is 62.4. The number of fused-ring (bicyclic) bond motifs is 7. The van der Waals surface area contributed by atoms with Crippen LogP contribution >= 0.6 is 11.6 Å². The lowest BCUT2D eigenvalue weighted by Gasteiger charge is -2.34. The summed E-state index contributed by atoms with van der Waals surface area (Å²) < 4.78 is 160. The average Bonchev–Trinajstić information content (AvgIpc) is 1.58. The van der Waals surface area contributed by atoms with Gasteiger partial charge in [0.15, 0.2) is 33.3 Å². The summed E-state index contributed by atoms with van der Waals surface area (Å²) in [6.45, 7) is 15.9. The second-order valence-electron chi connectivity index (χ2n) is 29.7. The molecule has 4 fully saturated rings. The molecule has 13 rings (SSSR count). The molecule has 8 aromatic rings. The lowest BCUT2D eigenvalue weighted by molar-refractivity contribution is -0.190. The Bertz CT molecular complexity index is 4850. The lowest BCUT2D eigenvalue weighted by Crippen LogP contribution is -2.45. The Hall–Kier alpha value is -9.86. The van der Waals surface area contributed by atoms with Crippen molar-refractivity contribution in [1.82, 2.24) is 94.3 Å². The van der Waals surface area contributed by atoms with Crippen LogP contribution in [0.3, 0.4) is 0 Å². The van der Waals surface area contributed by atoms with Crippen LogP contribution in [0.15, 0.2) is 95.2 Å². The first-order valence-corrected chi connectivity index (χ1v) is 38.3. The summed E-state index contributed by atoms with van der Waals surface area (Å²) in [5, 5.41) is 37.4. The fourth-order valence-electron chi connectivity index (χ4n) is 13.5. The SMILES string of the molecule is CC(C)(C)OC(=O)N1C[C@@H](CCCn2nnnc2CNc2cccc(S(=O)(=O)NC(=O)c3ccc(-n4ccc(OCCC5(C(F)(F)F)CC5)n4)nc3Cl)n2)CC1(C)C.CC1(C)C[C@@H]2CCCn3nnnc3CNc3cccc(n3)S(=O)(=O)NC(=O)c3ccc(-n4ccc(OCCC5(C(F)(F)F)CC5)n4)nc3N1C2. The monoisotopic (exact) mass is 1570 g/mol. The third kappa shape index (κ3) is 18.1. The number of carbonyl (C=O) groups is 3. The van der Waals surface area contributed by atoms with Gasteiger partial charge < -0.3 is 34.6 Å². The maximum Gasteiger partial charge on any atom is 0.410 e. The Labute approximate surface area is 621 Å². The molecule has 41 heteroatoms. The number of sulfonamides is 2. The summed E-state index contributed by atoms with van der Waals surface area (Å²) in [6, 6.07) is 17.2. The van der Waals surface area contributed by atoms with Crippen LogP contribution in [0.2, 0.25) is 5.15 Å². The fourth-order valence-corrected chi connectivity index (χ4v) is 15.6. The molecular weight excluding hydrogens is 1490 g/mol. The zero-order valence-electron chi connectivity index (χ0n) is 60.0. The number of alkyl halides is 6. The molecule has 2 aliphatic carbocycles. The minimum absolute atomic E-state index is 0.0327. The van der Waals surface area contributed by atoms with E-state index in [9.17, 15) is 57.6 Å². The molecule has 4 bridgehead atoms. The molecule has 4 N–H and O–H groups in total. The maximum absolute atomic E-state index is 13.8. The number of rotatable bonds is 20. The normalized spacial score (nSPS) is 19.2. The van der Waals surface area contributed by atoms with Crippen LogP contribution in [0, 0.1) is 22.7 Å². The first-order chi connectivity index (χ1) is 50.9. The molecule has 3 aliphatic heterocycles. The van der Waals surface area contributed by atoms with Crippen molar-refractivity contribution in [3.05, 3.63) is 113 Å². The molecule has 11 heterocycles. The standard InChI is InChI=1S/C36H45ClF3N11O6S.C31H36F3N11O4S/c1-33(2,3)57-32(53)49-22-23(20-34(49,4)5)8-7-17-51-27(44-47-48-51)21-41-25-9-6-10-29(42-25)58(54,55)46-31(52)24-11-12-26(43-30(24)37)50-18-13-28(45-50)56-19-16-35(14-15-35)36(38,39)40;1-29(2)17-20-5-4-14-45-24(38-41-42-45)18-35-22-6-3-7-26(36-22)50(47,48)40-28(46)21-8-9-23(37-27(21)43(29)19-20)44-15-10-25(39-44)49-16-13-30(11-12-30)31(32,33)34/h6,9-13,18,23H,7-8,14-17,19-22H2,1-5H3,(H,41,42)(H,46,52);3,6-10,15,20H,4-5,11-14,16-19H2,1-2H3,(H,35,36)(H,40,46)/t23-;20-/m00/s1. The van der Waals surface area contributed by atoms with E-state index in [0.717, 1.165) is 38.5 Å². The molecule has 0 spiro atoms. The largest absolute Gasteiger partial charge is 0.477 e. The summed E-state index contributed by atoms with van der Waals surface area (Å²) in [5.74, 6) is 0.932. The molecule has 108 heavy (non-hydrogen) atoms. The minimum Gasteiger partial charge on any atom is -0.477 e. The van der Waals surface area contributed by atoms with Crippen molar-refractivity contribution >= 4 is 67.0 Å². The third-order valence-electron chi connectivity index (χ3n) is 19.6.